The summed E-state index contributed by atoms with van der Waals surface area (Å²) in [6, 6.07) is -0.0426. The number of nitrogens with zero attached hydrogens (tertiary/aromatic N) is 2. The van der Waals surface area contributed by atoms with Crippen molar-refractivity contribution in [2.75, 3.05) is 33.3 Å². The third kappa shape index (κ3) is 5.06. The van der Waals surface area contributed by atoms with Crippen LogP contribution in [0.1, 0.15) is 26.7 Å². The molecule has 0 saturated carbocycles. The minimum atomic E-state index is -0.896. The lowest BCUT2D eigenvalue weighted by atomic mass is 10.1. The van der Waals surface area contributed by atoms with Crippen molar-refractivity contribution in [3.63, 3.8) is 0 Å². The minimum absolute atomic E-state index is 0.0426. The molecule has 6 heteroatoms. The molecular weight excluding hydrogens is 248 g/mol. The molecule has 0 aromatic heterocycles. The zero-order chi connectivity index (χ0) is 14.4. The third-order valence-corrected chi connectivity index (χ3v) is 3.42. The minimum Gasteiger partial charge on any atom is -0.481 e. The first-order valence-corrected chi connectivity index (χ1v) is 6.77. The van der Waals surface area contributed by atoms with Crippen LogP contribution in [-0.2, 0) is 9.53 Å². The van der Waals surface area contributed by atoms with Crippen molar-refractivity contribution >= 4 is 12.0 Å². The molecular formula is C13H24N2O4. The molecule has 6 nitrogen and oxygen atoms in total. The Bertz CT molecular complexity index is 322. The maximum absolute atomic E-state index is 12.2. The summed E-state index contributed by atoms with van der Waals surface area (Å²) in [6.07, 6.45) is 0.577. The Hall–Kier alpha value is -1.30. The van der Waals surface area contributed by atoms with Crippen molar-refractivity contribution in [3.8, 4) is 0 Å². The molecule has 110 valence electrons. The highest BCUT2D eigenvalue weighted by Gasteiger charge is 2.27. The van der Waals surface area contributed by atoms with Crippen molar-refractivity contribution < 1.29 is 19.4 Å². The van der Waals surface area contributed by atoms with Crippen molar-refractivity contribution in [1.29, 1.82) is 0 Å². The van der Waals surface area contributed by atoms with E-state index in [1.165, 1.54) is 0 Å². The number of hydrogen-bond donors (Lipinski definition) is 1. The molecule has 1 aliphatic heterocycles. The summed E-state index contributed by atoms with van der Waals surface area (Å²) >= 11 is 0. The Labute approximate surface area is 114 Å². The van der Waals surface area contributed by atoms with Gasteiger partial charge in [0.15, 0.2) is 0 Å². The smallest absolute Gasteiger partial charge is 0.319 e. The predicted molar refractivity (Wildman–Crippen MR) is 71.0 cm³/mol. The molecule has 19 heavy (non-hydrogen) atoms. The Morgan fingerprint density at radius 1 is 1.53 bits per heavy atom. The van der Waals surface area contributed by atoms with Gasteiger partial charge in [0.2, 0.25) is 0 Å². The standard InChI is InChI=1S/C13H24N2O4/c1-4-10(2)8-14(3)13(18)15-5-6-19-11(9-15)7-12(16)17/h10-11H,4-9H2,1-3H3,(H,16,17). The highest BCUT2D eigenvalue weighted by molar-refractivity contribution is 5.74. The van der Waals surface area contributed by atoms with E-state index >= 15 is 0 Å². The molecule has 2 amide bonds. The molecule has 0 bridgehead atoms. The van der Waals surface area contributed by atoms with Crippen LogP contribution in [0.25, 0.3) is 0 Å². The number of aliphatic carboxylic acids is 1. The van der Waals surface area contributed by atoms with Crippen LogP contribution in [0.15, 0.2) is 0 Å². The fraction of sp³-hybridized carbons (Fsp3) is 0.846. The zero-order valence-corrected chi connectivity index (χ0v) is 12.0. The molecule has 0 radical (unpaired) electrons. The first-order valence-electron chi connectivity index (χ1n) is 6.77. The van der Waals surface area contributed by atoms with Gasteiger partial charge in [-0.1, -0.05) is 20.3 Å². The number of rotatable bonds is 5. The number of carbonyl (C=O) groups is 2. The zero-order valence-electron chi connectivity index (χ0n) is 12.0. The molecule has 1 N–H and O–H groups in total. The Kier molecular flexibility index (Phi) is 6.08. The average Bonchev–Trinajstić information content (AvgIpc) is 2.37. The number of hydrogen-bond acceptors (Lipinski definition) is 3. The molecule has 0 aliphatic carbocycles. The van der Waals surface area contributed by atoms with Crippen LogP contribution in [0.3, 0.4) is 0 Å². The molecule has 0 aromatic carbocycles. The van der Waals surface area contributed by atoms with Crippen LogP contribution in [-0.4, -0.2) is 66.3 Å². The number of carbonyl (C=O) groups excluding carboxylic acids is 1. The Balaban J connectivity index is 2.49. The van der Waals surface area contributed by atoms with Crippen LogP contribution in [0.4, 0.5) is 4.79 Å². The Morgan fingerprint density at radius 2 is 2.21 bits per heavy atom. The summed E-state index contributed by atoms with van der Waals surface area (Å²) in [7, 11) is 1.79. The summed E-state index contributed by atoms with van der Waals surface area (Å²) in [6.45, 7) is 6.21. The normalized spacial score (nSPS) is 21.0. The number of morpholine rings is 1. The van der Waals surface area contributed by atoms with Crippen LogP contribution in [0, 0.1) is 5.92 Å². The second-order valence-corrected chi connectivity index (χ2v) is 5.21. The summed E-state index contributed by atoms with van der Waals surface area (Å²) < 4.78 is 5.36. The van der Waals surface area contributed by atoms with E-state index < -0.39 is 12.1 Å². The lowest BCUT2D eigenvalue weighted by Gasteiger charge is -2.35. The number of carboxylic acid groups (broad SMARTS) is 1. The van der Waals surface area contributed by atoms with Crippen molar-refractivity contribution in [2.24, 2.45) is 5.92 Å². The van der Waals surface area contributed by atoms with Crippen molar-refractivity contribution in [3.05, 3.63) is 0 Å². The molecule has 1 aliphatic rings. The lowest BCUT2D eigenvalue weighted by Crippen LogP contribution is -2.51. The molecule has 1 saturated heterocycles. The number of amides is 2. The van der Waals surface area contributed by atoms with E-state index in [2.05, 4.69) is 13.8 Å². The number of carboxylic acids is 1. The van der Waals surface area contributed by atoms with Crippen LogP contribution >= 0.6 is 0 Å². The highest BCUT2D eigenvalue weighted by atomic mass is 16.5. The molecule has 1 fully saturated rings. The monoisotopic (exact) mass is 272 g/mol. The van der Waals surface area contributed by atoms with Crippen molar-refractivity contribution in [1.82, 2.24) is 9.80 Å². The van der Waals surface area contributed by atoms with E-state index in [4.69, 9.17) is 9.84 Å². The van der Waals surface area contributed by atoms with Gasteiger partial charge in [-0.05, 0) is 5.92 Å². The SMILES string of the molecule is CCC(C)CN(C)C(=O)N1CCOC(CC(=O)O)C1. The summed E-state index contributed by atoms with van der Waals surface area (Å²) in [5, 5.41) is 8.76. The second-order valence-electron chi connectivity index (χ2n) is 5.21. The molecule has 2 unspecified atom stereocenters. The van der Waals surface area contributed by atoms with Crippen LogP contribution < -0.4 is 0 Å². The van der Waals surface area contributed by atoms with Gasteiger partial charge in [0.25, 0.3) is 0 Å². The first-order chi connectivity index (χ1) is 8.93. The quantitative estimate of drug-likeness (QED) is 0.818. The third-order valence-electron chi connectivity index (χ3n) is 3.42. The van der Waals surface area contributed by atoms with Crippen LogP contribution in [0.2, 0.25) is 0 Å². The van der Waals surface area contributed by atoms with Gasteiger partial charge < -0.3 is 19.6 Å². The van der Waals surface area contributed by atoms with E-state index in [1.807, 2.05) is 0 Å². The molecule has 2 atom stereocenters. The number of ether oxygens (including phenoxy) is 1. The second kappa shape index (κ2) is 7.33. The van der Waals surface area contributed by atoms with E-state index in [0.29, 0.717) is 25.6 Å². The molecule has 1 heterocycles. The van der Waals surface area contributed by atoms with Gasteiger partial charge in [0, 0.05) is 26.7 Å². The average molecular weight is 272 g/mol. The molecule has 0 spiro atoms. The van der Waals surface area contributed by atoms with Gasteiger partial charge in [-0.3, -0.25) is 4.79 Å². The van der Waals surface area contributed by atoms with E-state index in [0.717, 1.165) is 13.0 Å². The summed E-state index contributed by atoms with van der Waals surface area (Å²) in [5.74, 6) is -0.433. The lowest BCUT2D eigenvalue weighted by molar-refractivity contribution is -0.141. The Morgan fingerprint density at radius 3 is 2.79 bits per heavy atom. The van der Waals surface area contributed by atoms with E-state index in [1.54, 1.807) is 16.8 Å². The van der Waals surface area contributed by atoms with Gasteiger partial charge in [-0.15, -0.1) is 0 Å². The molecule has 0 aromatic rings. The maximum atomic E-state index is 12.2. The van der Waals surface area contributed by atoms with Crippen molar-refractivity contribution in [2.45, 2.75) is 32.8 Å². The largest absolute Gasteiger partial charge is 0.481 e. The first kappa shape index (κ1) is 15.8. The van der Waals surface area contributed by atoms with Crippen LogP contribution in [0.5, 0.6) is 0 Å². The highest BCUT2D eigenvalue weighted by Crippen LogP contribution is 2.12. The van der Waals surface area contributed by atoms with E-state index in [-0.39, 0.29) is 12.5 Å². The van der Waals surface area contributed by atoms with Gasteiger partial charge in [-0.25, -0.2) is 4.79 Å². The van der Waals surface area contributed by atoms with Gasteiger partial charge in [0.1, 0.15) is 0 Å². The number of urea groups is 1. The molecule has 1 rings (SSSR count). The van der Waals surface area contributed by atoms with Gasteiger partial charge >= 0.3 is 12.0 Å². The fourth-order valence-corrected chi connectivity index (χ4v) is 2.13. The topological polar surface area (TPSA) is 70.1 Å². The maximum Gasteiger partial charge on any atom is 0.319 e. The van der Waals surface area contributed by atoms with E-state index in [9.17, 15) is 9.59 Å². The predicted octanol–water partition coefficient (Wildman–Crippen LogP) is 1.26. The van der Waals surface area contributed by atoms with Gasteiger partial charge in [-0.2, -0.15) is 0 Å². The van der Waals surface area contributed by atoms with Gasteiger partial charge in [0.05, 0.1) is 19.1 Å². The fourth-order valence-electron chi connectivity index (χ4n) is 2.13. The summed E-state index contributed by atoms with van der Waals surface area (Å²) in [5.41, 5.74) is 0. The summed E-state index contributed by atoms with van der Waals surface area (Å²) in [4.78, 5) is 26.3.